The SMILES string of the molecule is CCCNc1ncccc1S(=O)(=O)Nc1nnc(CC)s1. The van der Waals surface area contributed by atoms with Gasteiger partial charge < -0.3 is 5.32 Å². The number of aryl methyl sites for hydroxylation is 1. The van der Waals surface area contributed by atoms with Gasteiger partial charge in [-0.1, -0.05) is 25.2 Å². The lowest BCUT2D eigenvalue weighted by Gasteiger charge is -2.10. The van der Waals surface area contributed by atoms with E-state index in [1.54, 1.807) is 12.3 Å². The largest absolute Gasteiger partial charge is 0.369 e. The van der Waals surface area contributed by atoms with Crippen molar-refractivity contribution in [1.82, 2.24) is 15.2 Å². The summed E-state index contributed by atoms with van der Waals surface area (Å²) in [5, 5.41) is 11.8. The maximum absolute atomic E-state index is 12.4. The first-order valence-electron chi connectivity index (χ1n) is 6.61. The Morgan fingerprint density at radius 2 is 2.10 bits per heavy atom. The minimum Gasteiger partial charge on any atom is -0.369 e. The van der Waals surface area contributed by atoms with Crippen LogP contribution in [0.2, 0.25) is 0 Å². The molecule has 0 unspecified atom stereocenters. The number of nitrogens with one attached hydrogen (secondary N) is 2. The molecule has 0 fully saturated rings. The third-order valence-corrected chi connectivity index (χ3v) is 5.08. The van der Waals surface area contributed by atoms with Crippen molar-refractivity contribution < 1.29 is 8.42 Å². The van der Waals surface area contributed by atoms with Crippen LogP contribution in [0.5, 0.6) is 0 Å². The number of aromatic nitrogens is 3. The quantitative estimate of drug-likeness (QED) is 0.808. The molecule has 0 bridgehead atoms. The summed E-state index contributed by atoms with van der Waals surface area (Å²) in [7, 11) is -3.74. The van der Waals surface area contributed by atoms with E-state index >= 15 is 0 Å². The second kappa shape index (κ2) is 6.81. The van der Waals surface area contributed by atoms with E-state index in [0.29, 0.717) is 12.4 Å². The second-order valence-electron chi connectivity index (χ2n) is 4.24. The number of hydrogen-bond donors (Lipinski definition) is 2. The van der Waals surface area contributed by atoms with Gasteiger partial charge in [-0.15, -0.1) is 10.2 Å². The Morgan fingerprint density at radius 3 is 2.76 bits per heavy atom. The zero-order chi connectivity index (χ0) is 15.3. The van der Waals surface area contributed by atoms with E-state index in [1.165, 1.54) is 17.4 Å². The molecule has 0 radical (unpaired) electrons. The van der Waals surface area contributed by atoms with Gasteiger partial charge in [0.15, 0.2) is 0 Å². The molecule has 2 aromatic rings. The first-order valence-corrected chi connectivity index (χ1v) is 8.91. The fraction of sp³-hybridized carbons (Fsp3) is 0.417. The summed E-state index contributed by atoms with van der Waals surface area (Å²) in [5.41, 5.74) is 0. The van der Waals surface area contributed by atoms with Crippen LogP contribution in [-0.2, 0) is 16.4 Å². The van der Waals surface area contributed by atoms with E-state index in [2.05, 4.69) is 25.2 Å². The molecule has 0 aliphatic carbocycles. The summed E-state index contributed by atoms with van der Waals surface area (Å²) in [6.07, 6.45) is 3.15. The number of rotatable bonds is 7. The van der Waals surface area contributed by atoms with E-state index in [9.17, 15) is 8.42 Å². The average molecular weight is 327 g/mol. The van der Waals surface area contributed by atoms with Crippen LogP contribution in [0, 0.1) is 0 Å². The fourth-order valence-electron chi connectivity index (χ4n) is 1.59. The molecule has 0 saturated carbocycles. The minimum absolute atomic E-state index is 0.103. The number of nitrogens with zero attached hydrogens (tertiary/aromatic N) is 3. The number of hydrogen-bond acceptors (Lipinski definition) is 7. The van der Waals surface area contributed by atoms with Crippen molar-refractivity contribution in [3.63, 3.8) is 0 Å². The van der Waals surface area contributed by atoms with E-state index < -0.39 is 10.0 Å². The third-order valence-electron chi connectivity index (χ3n) is 2.59. The van der Waals surface area contributed by atoms with Gasteiger partial charge >= 0.3 is 0 Å². The zero-order valence-electron chi connectivity index (χ0n) is 11.8. The highest BCUT2D eigenvalue weighted by Gasteiger charge is 2.21. The molecule has 0 saturated heterocycles. The van der Waals surface area contributed by atoms with Crippen molar-refractivity contribution in [1.29, 1.82) is 0 Å². The highest BCUT2D eigenvalue weighted by atomic mass is 32.2. The average Bonchev–Trinajstić information content (AvgIpc) is 2.92. The molecule has 0 aromatic carbocycles. The van der Waals surface area contributed by atoms with Gasteiger partial charge in [0.05, 0.1) is 0 Å². The summed E-state index contributed by atoms with van der Waals surface area (Å²) in [6.45, 7) is 4.58. The molecule has 0 amide bonds. The lowest BCUT2D eigenvalue weighted by Crippen LogP contribution is -2.16. The predicted molar refractivity (Wildman–Crippen MR) is 83.1 cm³/mol. The molecule has 2 heterocycles. The van der Waals surface area contributed by atoms with Gasteiger partial charge in [-0.2, -0.15) is 0 Å². The van der Waals surface area contributed by atoms with Gasteiger partial charge in [-0.25, -0.2) is 13.4 Å². The van der Waals surface area contributed by atoms with Crippen molar-refractivity contribution >= 4 is 32.3 Å². The first-order chi connectivity index (χ1) is 10.1. The van der Waals surface area contributed by atoms with Crippen LogP contribution in [0.15, 0.2) is 23.2 Å². The lowest BCUT2D eigenvalue weighted by molar-refractivity contribution is 0.601. The molecule has 2 N–H and O–H groups in total. The molecule has 21 heavy (non-hydrogen) atoms. The highest BCUT2D eigenvalue weighted by Crippen LogP contribution is 2.23. The van der Waals surface area contributed by atoms with Crippen LogP contribution in [0.3, 0.4) is 0 Å². The van der Waals surface area contributed by atoms with Gasteiger partial charge in [-0.05, 0) is 25.0 Å². The lowest BCUT2D eigenvalue weighted by atomic mass is 10.4. The summed E-state index contributed by atoms with van der Waals surface area (Å²) >= 11 is 1.22. The Balaban J connectivity index is 2.26. The summed E-state index contributed by atoms with van der Waals surface area (Å²) in [5.74, 6) is 0.340. The standard InChI is InChI=1S/C12H17N5O2S2/c1-3-7-13-11-9(6-5-8-14-11)21(18,19)17-12-16-15-10(4-2)20-12/h5-6,8H,3-4,7H2,1-2H3,(H,13,14)(H,16,17). The molecule has 0 aliphatic heterocycles. The minimum atomic E-state index is -3.74. The maximum Gasteiger partial charge on any atom is 0.267 e. The maximum atomic E-state index is 12.4. The van der Waals surface area contributed by atoms with Gasteiger partial charge in [-0.3, -0.25) is 4.72 Å². The summed E-state index contributed by atoms with van der Waals surface area (Å²) in [4.78, 5) is 4.19. The number of pyridine rings is 1. The van der Waals surface area contributed by atoms with Crippen molar-refractivity contribution in [3.05, 3.63) is 23.3 Å². The summed E-state index contributed by atoms with van der Waals surface area (Å²) in [6, 6.07) is 3.10. The van der Waals surface area contributed by atoms with E-state index in [1.807, 2.05) is 13.8 Å². The Labute approximate surface area is 127 Å². The van der Waals surface area contributed by atoms with Gasteiger partial charge in [0, 0.05) is 12.7 Å². The van der Waals surface area contributed by atoms with Gasteiger partial charge in [0.1, 0.15) is 15.7 Å². The molecule has 0 atom stereocenters. The molecule has 7 nitrogen and oxygen atoms in total. The van der Waals surface area contributed by atoms with Gasteiger partial charge in [0.2, 0.25) is 5.13 Å². The van der Waals surface area contributed by atoms with E-state index in [4.69, 9.17) is 0 Å². The predicted octanol–water partition coefficient (Wildman–Crippen LogP) is 2.12. The molecule has 2 rings (SSSR count). The third kappa shape index (κ3) is 3.88. The normalized spacial score (nSPS) is 11.3. The van der Waals surface area contributed by atoms with Crippen molar-refractivity contribution in [2.24, 2.45) is 0 Å². The van der Waals surface area contributed by atoms with Crippen molar-refractivity contribution in [3.8, 4) is 0 Å². The zero-order valence-corrected chi connectivity index (χ0v) is 13.5. The van der Waals surface area contributed by atoms with Crippen LogP contribution in [0.25, 0.3) is 0 Å². The van der Waals surface area contributed by atoms with Crippen LogP contribution in [0.1, 0.15) is 25.3 Å². The second-order valence-corrected chi connectivity index (χ2v) is 6.95. The molecule has 0 aliphatic rings. The fourth-order valence-corrected chi connectivity index (χ4v) is 3.64. The Hall–Kier alpha value is -1.74. The first kappa shape index (κ1) is 15.6. The molecule has 9 heteroatoms. The number of anilines is 2. The number of sulfonamides is 1. The molecular weight excluding hydrogens is 310 g/mol. The molecule has 114 valence electrons. The molecule has 0 spiro atoms. The van der Waals surface area contributed by atoms with Crippen LogP contribution >= 0.6 is 11.3 Å². The van der Waals surface area contributed by atoms with E-state index in [0.717, 1.165) is 17.8 Å². The van der Waals surface area contributed by atoms with Crippen molar-refractivity contribution in [2.75, 3.05) is 16.6 Å². The van der Waals surface area contributed by atoms with Crippen molar-refractivity contribution in [2.45, 2.75) is 31.6 Å². The Kier molecular flexibility index (Phi) is 5.07. The van der Waals surface area contributed by atoms with Crippen LogP contribution < -0.4 is 10.0 Å². The topological polar surface area (TPSA) is 96.9 Å². The Bertz CT molecular complexity index is 699. The molecule has 2 aromatic heterocycles. The monoisotopic (exact) mass is 327 g/mol. The Morgan fingerprint density at radius 1 is 1.29 bits per heavy atom. The summed E-state index contributed by atoms with van der Waals surface area (Å²) < 4.78 is 27.3. The highest BCUT2D eigenvalue weighted by molar-refractivity contribution is 7.93. The van der Waals surface area contributed by atoms with E-state index in [-0.39, 0.29) is 10.0 Å². The molecular formula is C12H17N5O2S2. The smallest absolute Gasteiger partial charge is 0.267 e. The van der Waals surface area contributed by atoms with Crippen LogP contribution in [0.4, 0.5) is 10.9 Å². The van der Waals surface area contributed by atoms with Gasteiger partial charge in [0.25, 0.3) is 10.0 Å². The van der Waals surface area contributed by atoms with Crippen LogP contribution in [-0.4, -0.2) is 30.1 Å².